The SMILES string of the molecule is CCCOc1cc2oc(-c3ccc(F)cc3)c(C(=O)NC)c2cc1O. The van der Waals surface area contributed by atoms with E-state index in [1.807, 2.05) is 6.92 Å². The first-order valence-electron chi connectivity index (χ1n) is 7.95. The molecule has 0 aliphatic heterocycles. The van der Waals surface area contributed by atoms with Gasteiger partial charge in [0, 0.05) is 24.1 Å². The third-order valence-corrected chi connectivity index (χ3v) is 3.79. The molecule has 1 heterocycles. The van der Waals surface area contributed by atoms with Crippen LogP contribution in [0.4, 0.5) is 4.39 Å². The second-order valence-corrected chi connectivity index (χ2v) is 5.56. The van der Waals surface area contributed by atoms with E-state index in [2.05, 4.69) is 5.32 Å². The largest absolute Gasteiger partial charge is 0.504 e. The van der Waals surface area contributed by atoms with Crippen molar-refractivity contribution in [2.75, 3.05) is 13.7 Å². The molecule has 1 aromatic heterocycles. The summed E-state index contributed by atoms with van der Waals surface area (Å²) in [5.74, 6) is -0.217. The first-order chi connectivity index (χ1) is 12.0. The normalized spacial score (nSPS) is 10.8. The van der Waals surface area contributed by atoms with Gasteiger partial charge in [-0.2, -0.15) is 0 Å². The van der Waals surface area contributed by atoms with Crippen LogP contribution in [0, 0.1) is 5.82 Å². The Balaban J connectivity index is 2.21. The second-order valence-electron chi connectivity index (χ2n) is 5.56. The molecule has 5 nitrogen and oxygen atoms in total. The van der Waals surface area contributed by atoms with Crippen molar-refractivity contribution in [1.82, 2.24) is 5.32 Å². The number of hydrogen-bond donors (Lipinski definition) is 2. The van der Waals surface area contributed by atoms with Gasteiger partial charge in [0.25, 0.3) is 5.91 Å². The van der Waals surface area contributed by atoms with Crippen molar-refractivity contribution >= 4 is 16.9 Å². The Morgan fingerprint density at radius 2 is 2.00 bits per heavy atom. The van der Waals surface area contributed by atoms with Gasteiger partial charge in [0.2, 0.25) is 0 Å². The van der Waals surface area contributed by atoms with E-state index in [0.29, 0.717) is 28.9 Å². The van der Waals surface area contributed by atoms with E-state index in [9.17, 15) is 14.3 Å². The number of amides is 1. The summed E-state index contributed by atoms with van der Waals surface area (Å²) in [6.45, 7) is 2.41. The highest BCUT2D eigenvalue weighted by Gasteiger charge is 2.23. The molecule has 2 aromatic carbocycles. The third kappa shape index (κ3) is 3.15. The van der Waals surface area contributed by atoms with Gasteiger partial charge in [-0.05, 0) is 36.8 Å². The van der Waals surface area contributed by atoms with Crippen molar-refractivity contribution in [2.24, 2.45) is 0 Å². The standard InChI is InChI=1S/C19H18FNO4/c1-3-8-24-16-10-15-13(9-14(16)22)17(19(23)21-2)18(25-15)11-4-6-12(20)7-5-11/h4-7,9-10,22H,3,8H2,1-2H3,(H,21,23). The molecule has 3 rings (SSSR count). The second kappa shape index (κ2) is 6.84. The maximum Gasteiger partial charge on any atom is 0.255 e. The van der Waals surface area contributed by atoms with E-state index in [1.54, 1.807) is 6.07 Å². The molecule has 130 valence electrons. The summed E-state index contributed by atoms with van der Waals surface area (Å²) < 4.78 is 24.5. The number of aromatic hydroxyl groups is 1. The highest BCUT2D eigenvalue weighted by molar-refractivity contribution is 6.11. The highest BCUT2D eigenvalue weighted by Crippen LogP contribution is 2.39. The number of fused-ring (bicyclic) bond motifs is 1. The third-order valence-electron chi connectivity index (χ3n) is 3.79. The zero-order chi connectivity index (χ0) is 18.0. The van der Waals surface area contributed by atoms with Crippen LogP contribution in [0.3, 0.4) is 0 Å². The number of ether oxygens (including phenoxy) is 1. The van der Waals surface area contributed by atoms with Crippen molar-refractivity contribution in [3.05, 3.63) is 47.8 Å². The number of halogens is 1. The summed E-state index contributed by atoms with van der Waals surface area (Å²) in [5.41, 5.74) is 1.25. The fourth-order valence-electron chi connectivity index (χ4n) is 2.60. The number of rotatable bonds is 5. The van der Waals surface area contributed by atoms with E-state index in [1.165, 1.54) is 37.4 Å². The lowest BCUT2D eigenvalue weighted by molar-refractivity contribution is 0.0964. The average Bonchev–Trinajstić information content (AvgIpc) is 2.97. The van der Waals surface area contributed by atoms with Crippen LogP contribution in [0.15, 0.2) is 40.8 Å². The monoisotopic (exact) mass is 343 g/mol. The van der Waals surface area contributed by atoms with Gasteiger partial charge in [0.1, 0.15) is 17.2 Å². The Morgan fingerprint density at radius 3 is 2.64 bits per heavy atom. The average molecular weight is 343 g/mol. The summed E-state index contributed by atoms with van der Waals surface area (Å²) in [5, 5.41) is 13.2. The zero-order valence-electron chi connectivity index (χ0n) is 13.9. The number of nitrogens with one attached hydrogen (secondary N) is 1. The molecule has 0 aliphatic carbocycles. The molecule has 0 atom stereocenters. The highest BCUT2D eigenvalue weighted by atomic mass is 19.1. The Bertz CT molecular complexity index is 915. The quantitative estimate of drug-likeness (QED) is 0.732. The molecular weight excluding hydrogens is 325 g/mol. The Morgan fingerprint density at radius 1 is 1.28 bits per heavy atom. The van der Waals surface area contributed by atoms with E-state index in [4.69, 9.17) is 9.15 Å². The maximum absolute atomic E-state index is 13.2. The van der Waals surface area contributed by atoms with Gasteiger partial charge < -0.3 is 19.6 Å². The summed E-state index contributed by atoms with van der Waals surface area (Å²) in [4.78, 5) is 12.4. The van der Waals surface area contributed by atoms with Crippen molar-refractivity contribution in [2.45, 2.75) is 13.3 Å². The fraction of sp³-hybridized carbons (Fsp3) is 0.211. The van der Waals surface area contributed by atoms with Gasteiger partial charge >= 0.3 is 0 Å². The van der Waals surface area contributed by atoms with Gasteiger partial charge in [-0.15, -0.1) is 0 Å². The molecule has 0 saturated carbocycles. The number of benzene rings is 2. The molecule has 2 N–H and O–H groups in total. The van der Waals surface area contributed by atoms with Crippen LogP contribution in [-0.2, 0) is 0 Å². The Labute approximate surface area is 144 Å². The van der Waals surface area contributed by atoms with E-state index >= 15 is 0 Å². The molecular formula is C19H18FNO4. The zero-order valence-corrected chi connectivity index (χ0v) is 13.9. The van der Waals surface area contributed by atoms with E-state index < -0.39 is 0 Å². The van der Waals surface area contributed by atoms with Crippen molar-refractivity contribution in [3.8, 4) is 22.8 Å². The van der Waals surface area contributed by atoms with Gasteiger partial charge in [0.15, 0.2) is 11.5 Å². The minimum absolute atomic E-state index is 0.0717. The number of furan rings is 1. The molecule has 3 aromatic rings. The molecule has 0 aliphatic rings. The van der Waals surface area contributed by atoms with Crippen molar-refractivity contribution in [1.29, 1.82) is 0 Å². The summed E-state index contributed by atoms with van der Waals surface area (Å²) in [6, 6.07) is 8.66. The van der Waals surface area contributed by atoms with E-state index in [0.717, 1.165) is 6.42 Å². The molecule has 1 amide bonds. The fourth-order valence-corrected chi connectivity index (χ4v) is 2.60. The molecule has 0 unspecified atom stereocenters. The molecule has 0 bridgehead atoms. The number of hydrogen-bond acceptors (Lipinski definition) is 4. The molecule has 0 fully saturated rings. The summed E-state index contributed by atoms with van der Waals surface area (Å²) >= 11 is 0. The topological polar surface area (TPSA) is 71.7 Å². The molecule has 0 spiro atoms. The van der Waals surface area contributed by atoms with Crippen molar-refractivity contribution in [3.63, 3.8) is 0 Å². The molecule has 6 heteroatoms. The Kier molecular flexibility index (Phi) is 4.61. The van der Waals surface area contributed by atoms with Crippen LogP contribution in [0.5, 0.6) is 11.5 Å². The minimum atomic E-state index is -0.380. The van der Waals surface area contributed by atoms with Crippen LogP contribution in [0.25, 0.3) is 22.3 Å². The van der Waals surface area contributed by atoms with Crippen LogP contribution < -0.4 is 10.1 Å². The molecule has 0 saturated heterocycles. The smallest absolute Gasteiger partial charge is 0.255 e. The Hall–Kier alpha value is -3.02. The lowest BCUT2D eigenvalue weighted by Crippen LogP contribution is -2.18. The first-order valence-corrected chi connectivity index (χ1v) is 7.95. The molecule has 0 radical (unpaired) electrons. The van der Waals surface area contributed by atoms with Gasteiger partial charge in [0.05, 0.1) is 12.2 Å². The number of phenolic OH excluding ortho intramolecular Hbond substituents is 1. The van der Waals surface area contributed by atoms with Gasteiger partial charge in [-0.3, -0.25) is 4.79 Å². The minimum Gasteiger partial charge on any atom is -0.504 e. The number of carbonyl (C=O) groups excluding carboxylic acids is 1. The number of phenols is 1. The van der Waals surface area contributed by atoms with Gasteiger partial charge in [-0.1, -0.05) is 6.92 Å². The van der Waals surface area contributed by atoms with E-state index in [-0.39, 0.29) is 28.8 Å². The van der Waals surface area contributed by atoms with Crippen LogP contribution in [0.2, 0.25) is 0 Å². The summed E-state index contributed by atoms with van der Waals surface area (Å²) in [6.07, 6.45) is 0.792. The predicted molar refractivity (Wildman–Crippen MR) is 92.4 cm³/mol. The molecule has 25 heavy (non-hydrogen) atoms. The van der Waals surface area contributed by atoms with Gasteiger partial charge in [-0.25, -0.2) is 4.39 Å². The lowest BCUT2D eigenvalue weighted by atomic mass is 10.0. The first kappa shape index (κ1) is 16.8. The van der Waals surface area contributed by atoms with Crippen molar-refractivity contribution < 1.29 is 23.4 Å². The number of carbonyl (C=O) groups is 1. The maximum atomic E-state index is 13.2. The van der Waals surface area contributed by atoms with Crippen LogP contribution in [0.1, 0.15) is 23.7 Å². The summed E-state index contributed by atoms with van der Waals surface area (Å²) in [7, 11) is 1.51. The lowest BCUT2D eigenvalue weighted by Gasteiger charge is -2.06. The predicted octanol–water partition coefficient (Wildman–Crippen LogP) is 4.09. The van der Waals surface area contributed by atoms with Crippen LogP contribution in [-0.4, -0.2) is 24.7 Å². The van der Waals surface area contributed by atoms with Crippen LogP contribution >= 0.6 is 0 Å².